The van der Waals surface area contributed by atoms with Gasteiger partial charge in [0.2, 0.25) is 0 Å². The highest BCUT2D eigenvalue weighted by Gasteiger charge is 2.32. The number of carbonyl (C=O) groups is 2. The average Bonchev–Trinajstić information content (AvgIpc) is 2.67. The Morgan fingerprint density at radius 3 is 2.27 bits per heavy atom. The molecular formula is C20H23NO8S. The Morgan fingerprint density at radius 1 is 1.07 bits per heavy atom. The Morgan fingerprint density at radius 2 is 1.70 bits per heavy atom. The third-order valence-electron chi connectivity index (χ3n) is 4.27. The van der Waals surface area contributed by atoms with Crippen LogP contribution in [0.4, 0.5) is 0 Å². The summed E-state index contributed by atoms with van der Waals surface area (Å²) in [5, 5.41) is 19.3. The molecule has 9 nitrogen and oxygen atoms in total. The minimum atomic E-state index is -4.09. The molecule has 0 saturated heterocycles. The van der Waals surface area contributed by atoms with E-state index in [4.69, 9.17) is 10.5 Å². The molecule has 0 bridgehead atoms. The lowest BCUT2D eigenvalue weighted by Crippen LogP contribution is -2.40. The molecule has 162 valence electrons. The van der Waals surface area contributed by atoms with Crippen molar-refractivity contribution in [2.45, 2.75) is 31.4 Å². The zero-order valence-electron chi connectivity index (χ0n) is 16.4. The number of ether oxygens (including phenoxy) is 1. The molecule has 10 heteroatoms. The maximum atomic E-state index is 12.3. The lowest BCUT2D eigenvalue weighted by Gasteiger charge is -2.26. The van der Waals surface area contributed by atoms with Crippen LogP contribution in [-0.4, -0.2) is 49.0 Å². The lowest BCUT2D eigenvalue weighted by molar-refractivity contribution is -0.135. The number of nitrogens with two attached hydrogens (primary N) is 1. The summed E-state index contributed by atoms with van der Waals surface area (Å²) in [4.78, 5) is 24.5. The van der Waals surface area contributed by atoms with Gasteiger partial charge in [-0.25, -0.2) is 9.59 Å². The standard InChI is InChI=1S/C20H23NO8S/c1-12(28-19(24)13-6-4-3-5-7-13)10-15(14-8-9-16(22)17(23)11-14)18(21)20(25)29-30(2,26)27/h3-9,11-12,15,18,22-23H,10,21H2,1-2H3/t12-,15?,18+/m1/s1. The molecule has 0 radical (unpaired) electrons. The van der Waals surface area contributed by atoms with Gasteiger partial charge in [0.15, 0.2) is 11.5 Å². The predicted octanol–water partition coefficient (Wildman–Crippen LogP) is 1.65. The van der Waals surface area contributed by atoms with Crippen LogP contribution in [0, 0.1) is 0 Å². The number of rotatable bonds is 8. The minimum absolute atomic E-state index is 0.0167. The molecule has 0 aliphatic heterocycles. The normalized spacial score (nSPS) is 14.4. The van der Waals surface area contributed by atoms with Gasteiger partial charge in [-0.15, -0.1) is 0 Å². The molecule has 3 atom stereocenters. The van der Waals surface area contributed by atoms with Gasteiger partial charge in [0.1, 0.15) is 12.1 Å². The van der Waals surface area contributed by atoms with Crippen molar-refractivity contribution in [1.82, 2.24) is 0 Å². The van der Waals surface area contributed by atoms with Crippen molar-refractivity contribution in [1.29, 1.82) is 0 Å². The smallest absolute Gasteiger partial charge is 0.339 e. The van der Waals surface area contributed by atoms with Gasteiger partial charge in [-0.1, -0.05) is 24.3 Å². The van der Waals surface area contributed by atoms with Gasteiger partial charge in [0.05, 0.1) is 11.8 Å². The fraction of sp³-hybridized carbons (Fsp3) is 0.300. The molecule has 4 N–H and O–H groups in total. The van der Waals surface area contributed by atoms with E-state index in [0.29, 0.717) is 17.4 Å². The molecule has 2 aromatic carbocycles. The molecule has 0 saturated carbocycles. The SMILES string of the molecule is C[C@H](CC(c1ccc(O)c(O)c1)[C@H](N)C(=O)OS(C)(=O)=O)OC(=O)c1ccccc1. The number of hydrogen-bond acceptors (Lipinski definition) is 9. The first-order valence-electron chi connectivity index (χ1n) is 8.94. The van der Waals surface area contributed by atoms with Crippen molar-refractivity contribution in [3.63, 3.8) is 0 Å². The van der Waals surface area contributed by atoms with Crippen LogP contribution in [-0.2, 0) is 23.8 Å². The summed E-state index contributed by atoms with van der Waals surface area (Å²) in [6, 6.07) is 10.6. The monoisotopic (exact) mass is 437 g/mol. The van der Waals surface area contributed by atoms with Crippen molar-refractivity contribution in [2.75, 3.05) is 6.26 Å². The van der Waals surface area contributed by atoms with Crippen LogP contribution in [0.25, 0.3) is 0 Å². The predicted molar refractivity (Wildman–Crippen MR) is 107 cm³/mol. The first kappa shape index (κ1) is 23.2. The van der Waals surface area contributed by atoms with Gasteiger partial charge in [-0.05, 0) is 43.2 Å². The molecule has 0 aliphatic rings. The maximum absolute atomic E-state index is 12.3. The second-order valence-corrected chi connectivity index (χ2v) is 8.38. The molecule has 1 unspecified atom stereocenters. The molecule has 0 fully saturated rings. The van der Waals surface area contributed by atoms with E-state index in [0.717, 1.165) is 0 Å². The molecule has 2 aromatic rings. The number of phenols is 2. The van der Waals surface area contributed by atoms with Crippen LogP contribution in [0.2, 0.25) is 0 Å². The van der Waals surface area contributed by atoms with Gasteiger partial charge >= 0.3 is 22.1 Å². The van der Waals surface area contributed by atoms with Gasteiger partial charge < -0.3 is 24.9 Å². The highest BCUT2D eigenvalue weighted by Crippen LogP contribution is 2.33. The van der Waals surface area contributed by atoms with E-state index < -0.39 is 45.9 Å². The third kappa shape index (κ3) is 6.46. The van der Waals surface area contributed by atoms with Crippen molar-refractivity contribution in [3.05, 3.63) is 59.7 Å². The van der Waals surface area contributed by atoms with E-state index in [9.17, 15) is 28.2 Å². The molecule has 0 aromatic heterocycles. The van der Waals surface area contributed by atoms with E-state index in [1.807, 2.05) is 0 Å². The van der Waals surface area contributed by atoms with E-state index in [1.54, 1.807) is 37.3 Å². The van der Waals surface area contributed by atoms with Crippen LogP contribution in [0.3, 0.4) is 0 Å². The van der Waals surface area contributed by atoms with Crippen LogP contribution in [0.15, 0.2) is 48.5 Å². The molecule has 0 amide bonds. The Kier molecular flexibility index (Phi) is 7.41. The molecule has 0 spiro atoms. The summed E-state index contributed by atoms with van der Waals surface area (Å²) < 4.78 is 32.3. The molecule has 2 rings (SSSR count). The number of carbonyl (C=O) groups excluding carboxylic acids is 2. The first-order valence-corrected chi connectivity index (χ1v) is 10.8. The molecule has 30 heavy (non-hydrogen) atoms. The van der Waals surface area contributed by atoms with Gasteiger partial charge in [0, 0.05) is 5.92 Å². The zero-order valence-corrected chi connectivity index (χ0v) is 17.2. The van der Waals surface area contributed by atoms with Crippen LogP contribution >= 0.6 is 0 Å². The number of esters is 1. The van der Waals surface area contributed by atoms with Gasteiger partial charge in [0.25, 0.3) is 0 Å². The van der Waals surface area contributed by atoms with Gasteiger partial charge in [-0.2, -0.15) is 8.42 Å². The summed E-state index contributed by atoms with van der Waals surface area (Å²) in [6.45, 7) is 1.59. The minimum Gasteiger partial charge on any atom is -0.504 e. The Bertz CT molecular complexity index is 1010. The topological polar surface area (TPSA) is 153 Å². The van der Waals surface area contributed by atoms with E-state index in [2.05, 4.69) is 4.18 Å². The van der Waals surface area contributed by atoms with Crippen molar-refractivity contribution in [2.24, 2.45) is 5.73 Å². The van der Waals surface area contributed by atoms with Gasteiger partial charge in [-0.3, -0.25) is 0 Å². The quantitative estimate of drug-likeness (QED) is 0.318. The maximum Gasteiger partial charge on any atom is 0.339 e. The Hall–Kier alpha value is -3.11. The van der Waals surface area contributed by atoms with E-state index in [-0.39, 0.29) is 12.2 Å². The lowest BCUT2D eigenvalue weighted by atomic mass is 9.87. The summed E-state index contributed by atoms with van der Waals surface area (Å²) in [5.74, 6) is -3.49. The second kappa shape index (κ2) is 9.59. The number of aromatic hydroxyl groups is 2. The Balaban J connectivity index is 2.25. The van der Waals surface area contributed by atoms with Crippen molar-refractivity contribution >= 4 is 22.1 Å². The zero-order chi connectivity index (χ0) is 22.5. The summed E-state index contributed by atoms with van der Waals surface area (Å²) >= 11 is 0. The fourth-order valence-corrected chi connectivity index (χ4v) is 3.27. The highest BCUT2D eigenvalue weighted by molar-refractivity contribution is 7.86. The molecular weight excluding hydrogens is 414 g/mol. The van der Waals surface area contributed by atoms with Crippen molar-refractivity contribution < 1.29 is 37.1 Å². The summed E-state index contributed by atoms with van der Waals surface area (Å²) in [7, 11) is -4.09. The second-order valence-electron chi connectivity index (χ2n) is 6.80. The molecule has 0 aliphatic carbocycles. The highest BCUT2D eigenvalue weighted by atomic mass is 32.2. The average molecular weight is 437 g/mol. The van der Waals surface area contributed by atoms with Crippen LogP contribution in [0.5, 0.6) is 11.5 Å². The largest absolute Gasteiger partial charge is 0.504 e. The first-order chi connectivity index (χ1) is 14.0. The van der Waals surface area contributed by atoms with E-state index in [1.165, 1.54) is 18.2 Å². The van der Waals surface area contributed by atoms with Crippen LogP contribution < -0.4 is 5.73 Å². The van der Waals surface area contributed by atoms with E-state index >= 15 is 0 Å². The summed E-state index contributed by atoms with van der Waals surface area (Å²) in [5.41, 5.74) is 6.62. The third-order valence-corrected chi connectivity index (χ3v) is 4.74. The van der Waals surface area contributed by atoms with Crippen molar-refractivity contribution in [3.8, 4) is 11.5 Å². The fourth-order valence-electron chi connectivity index (χ4n) is 2.86. The number of benzene rings is 2. The molecule has 0 heterocycles. The summed E-state index contributed by atoms with van der Waals surface area (Å²) in [6.07, 6.45) is 0.00209. The number of hydrogen-bond donors (Lipinski definition) is 3. The van der Waals surface area contributed by atoms with Crippen LogP contribution in [0.1, 0.15) is 35.2 Å². The Labute approximate surface area is 174 Å². The number of phenolic OH excluding ortho intramolecular Hbond substituents is 2.